The van der Waals surface area contributed by atoms with Crippen LogP contribution in [0, 0.1) is 0 Å². The van der Waals surface area contributed by atoms with Crippen molar-refractivity contribution in [1.29, 1.82) is 0 Å². The molecule has 1 aliphatic rings. The predicted molar refractivity (Wildman–Crippen MR) is 141 cm³/mol. The number of carboxylic acids is 1. The van der Waals surface area contributed by atoms with Crippen LogP contribution in [0.1, 0.15) is 26.3 Å². The molecule has 0 spiro atoms. The Bertz CT molecular complexity index is 1500. The van der Waals surface area contributed by atoms with E-state index in [4.69, 9.17) is 16.3 Å². The molecule has 7 nitrogen and oxygen atoms in total. The van der Waals surface area contributed by atoms with Crippen LogP contribution in [0.25, 0.3) is 11.1 Å². The Labute approximate surface area is 217 Å². The standard InChI is InChI=1S/C29H21ClN2O5/c30-21-11-9-20(10-12-21)28(34)31-22-13-14-25-26(15-22)37-17-27(33)32(25)16-18-5-7-19(8-6-18)23-3-1-2-4-24(23)29(35)36/h1-15H,16-17H2,(H,31,34)(H,35,36). The van der Waals surface area contributed by atoms with Gasteiger partial charge in [-0.05, 0) is 59.2 Å². The van der Waals surface area contributed by atoms with Gasteiger partial charge in [-0.25, -0.2) is 4.79 Å². The molecule has 1 heterocycles. The van der Waals surface area contributed by atoms with Gasteiger partial charge in [0.15, 0.2) is 6.61 Å². The summed E-state index contributed by atoms with van der Waals surface area (Å²) < 4.78 is 5.64. The Hall–Kier alpha value is -4.62. The van der Waals surface area contributed by atoms with E-state index in [1.54, 1.807) is 71.6 Å². The molecular formula is C29H21ClN2O5. The lowest BCUT2D eigenvalue weighted by Crippen LogP contribution is -2.38. The molecule has 1 aliphatic heterocycles. The van der Waals surface area contributed by atoms with Gasteiger partial charge < -0.3 is 20.1 Å². The van der Waals surface area contributed by atoms with E-state index in [0.29, 0.717) is 39.8 Å². The van der Waals surface area contributed by atoms with Crippen molar-refractivity contribution in [2.24, 2.45) is 0 Å². The fourth-order valence-electron chi connectivity index (χ4n) is 4.15. The van der Waals surface area contributed by atoms with Gasteiger partial charge in [0, 0.05) is 22.3 Å². The number of benzene rings is 4. The van der Waals surface area contributed by atoms with Gasteiger partial charge in [0.2, 0.25) is 0 Å². The van der Waals surface area contributed by atoms with Gasteiger partial charge in [-0.1, -0.05) is 54.1 Å². The number of hydrogen-bond acceptors (Lipinski definition) is 4. The highest BCUT2D eigenvalue weighted by atomic mass is 35.5. The third kappa shape index (κ3) is 5.17. The molecular weight excluding hydrogens is 492 g/mol. The van der Waals surface area contributed by atoms with Crippen LogP contribution in [0.4, 0.5) is 11.4 Å². The number of hydrogen-bond donors (Lipinski definition) is 2. The van der Waals surface area contributed by atoms with E-state index in [9.17, 15) is 19.5 Å². The number of rotatable bonds is 6. The molecule has 184 valence electrons. The Morgan fingerprint density at radius 2 is 1.68 bits per heavy atom. The molecule has 2 N–H and O–H groups in total. The molecule has 0 atom stereocenters. The van der Waals surface area contributed by atoms with Gasteiger partial charge in [-0.3, -0.25) is 9.59 Å². The number of nitrogens with one attached hydrogen (secondary N) is 1. The van der Waals surface area contributed by atoms with Crippen molar-refractivity contribution < 1.29 is 24.2 Å². The summed E-state index contributed by atoms with van der Waals surface area (Å²) in [6.07, 6.45) is 0. The summed E-state index contributed by atoms with van der Waals surface area (Å²) in [6, 6.07) is 26.0. The van der Waals surface area contributed by atoms with Crippen molar-refractivity contribution in [3.05, 3.63) is 113 Å². The van der Waals surface area contributed by atoms with Crippen molar-refractivity contribution in [1.82, 2.24) is 0 Å². The molecule has 0 saturated carbocycles. The largest absolute Gasteiger partial charge is 0.481 e. The number of carbonyl (C=O) groups is 3. The van der Waals surface area contributed by atoms with Gasteiger partial charge in [0.05, 0.1) is 17.8 Å². The Kier molecular flexibility index (Phi) is 6.62. The number of carbonyl (C=O) groups excluding carboxylic acids is 2. The van der Waals surface area contributed by atoms with Crippen molar-refractivity contribution >= 4 is 40.8 Å². The first-order chi connectivity index (χ1) is 17.9. The van der Waals surface area contributed by atoms with Gasteiger partial charge in [-0.2, -0.15) is 0 Å². The maximum Gasteiger partial charge on any atom is 0.336 e. The highest BCUT2D eigenvalue weighted by Crippen LogP contribution is 2.36. The molecule has 5 rings (SSSR count). The minimum absolute atomic E-state index is 0.119. The van der Waals surface area contributed by atoms with E-state index in [1.165, 1.54) is 0 Å². The minimum Gasteiger partial charge on any atom is -0.481 e. The van der Waals surface area contributed by atoms with E-state index in [-0.39, 0.29) is 24.0 Å². The number of amides is 2. The number of ether oxygens (including phenoxy) is 1. The lowest BCUT2D eigenvalue weighted by atomic mass is 9.98. The summed E-state index contributed by atoms with van der Waals surface area (Å²) in [4.78, 5) is 38.4. The van der Waals surface area contributed by atoms with Crippen LogP contribution in [0.15, 0.2) is 91.0 Å². The molecule has 0 bridgehead atoms. The summed E-state index contributed by atoms with van der Waals surface area (Å²) in [7, 11) is 0. The molecule has 4 aromatic rings. The number of fused-ring (bicyclic) bond motifs is 1. The first-order valence-electron chi connectivity index (χ1n) is 11.4. The zero-order chi connectivity index (χ0) is 25.9. The fraction of sp³-hybridized carbons (Fsp3) is 0.0690. The highest BCUT2D eigenvalue weighted by Gasteiger charge is 2.26. The highest BCUT2D eigenvalue weighted by molar-refractivity contribution is 6.30. The molecule has 4 aromatic carbocycles. The predicted octanol–water partition coefficient (Wildman–Crippen LogP) is 5.88. The monoisotopic (exact) mass is 512 g/mol. The van der Waals surface area contributed by atoms with Crippen LogP contribution in [0.3, 0.4) is 0 Å². The normalized spacial score (nSPS) is 12.5. The number of carboxylic acid groups (broad SMARTS) is 1. The molecule has 0 unspecified atom stereocenters. The van der Waals surface area contributed by atoms with Crippen LogP contribution in [-0.4, -0.2) is 29.5 Å². The average Bonchev–Trinajstić information content (AvgIpc) is 2.91. The SMILES string of the molecule is O=C(Nc1ccc2c(c1)OCC(=O)N2Cc1ccc(-c2ccccc2C(=O)O)cc1)c1ccc(Cl)cc1. The molecule has 0 aliphatic carbocycles. The van der Waals surface area contributed by atoms with Crippen LogP contribution < -0.4 is 15.0 Å². The third-order valence-corrected chi connectivity index (χ3v) is 6.28. The second-order valence-electron chi connectivity index (χ2n) is 8.46. The topological polar surface area (TPSA) is 95.9 Å². The summed E-state index contributed by atoms with van der Waals surface area (Å²) in [5.41, 5.74) is 4.10. The molecule has 2 amide bonds. The smallest absolute Gasteiger partial charge is 0.336 e. The summed E-state index contributed by atoms with van der Waals surface area (Å²) in [6.45, 7) is 0.193. The zero-order valence-electron chi connectivity index (χ0n) is 19.5. The number of aromatic carboxylic acids is 1. The lowest BCUT2D eigenvalue weighted by molar-refractivity contribution is -0.121. The van der Waals surface area contributed by atoms with E-state index in [0.717, 1.165) is 11.1 Å². The maximum absolute atomic E-state index is 12.7. The van der Waals surface area contributed by atoms with E-state index in [2.05, 4.69) is 5.32 Å². The third-order valence-electron chi connectivity index (χ3n) is 6.03. The van der Waals surface area contributed by atoms with Gasteiger partial charge in [0.1, 0.15) is 5.75 Å². The van der Waals surface area contributed by atoms with Gasteiger partial charge >= 0.3 is 5.97 Å². The van der Waals surface area contributed by atoms with Crippen LogP contribution >= 0.6 is 11.6 Å². The van der Waals surface area contributed by atoms with Gasteiger partial charge in [-0.15, -0.1) is 0 Å². The van der Waals surface area contributed by atoms with Crippen molar-refractivity contribution in [2.75, 3.05) is 16.8 Å². The first-order valence-corrected chi connectivity index (χ1v) is 11.8. The molecule has 0 radical (unpaired) electrons. The summed E-state index contributed by atoms with van der Waals surface area (Å²) in [5, 5.41) is 12.8. The Morgan fingerprint density at radius 3 is 2.41 bits per heavy atom. The van der Waals surface area contributed by atoms with Crippen molar-refractivity contribution in [3.63, 3.8) is 0 Å². The van der Waals surface area contributed by atoms with E-state index < -0.39 is 5.97 Å². The zero-order valence-corrected chi connectivity index (χ0v) is 20.2. The van der Waals surface area contributed by atoms with Crippen LogP contribution in [-0.2, 0) is 11.3 Å². The molecule has 8 heteroatoms. The van der Waals surface area contributed by atoms with E-state index >= 15 is 0 Å². The first kappa shape index (κ1) is 24.1. The quantitative estimate of drug-likeness (QED) is 0.336. The van der Waals surface area contributed by atoms with Crippen LogP contribution in [0.2, 0.25) is 5.02 Å². The van der Waals surface area contributed by atoms with Crippen molar-refractivity contribution in [3.8, 4) is 16.9 Å². The average molecular weight is 513 g/mol. The van der Waals surface area contributed by atoms with Gasteiger partial charge in [0.25, 0.3) is 11.8 Å². The minimum atomic E-state index is -0.987. The number of halogens is 1. The molecule has 0 saturated heterocycles. The summed E-state index contributed by atoms with van der Waals surface area (Å²) >= 11 is 5.89. The maximum atomic E-state index is 12.7. The van der Waals surface area contributed by atoms with Crippen molar-refractivity contribution in [2.45, 2.75) is 6.54 Å². The molecule has 0 aromatic heterocycles. The lowest BCUT2D eigenvalue weighted by Gasteiger charge is -2.30. The summed E-state index contributed by atoms with van der Waals surface area (Å²) in [5.74, 6) is -0.977. The van der Waals surface area contributed by atoms with E-state index in [1.807, 2.05) is 24.3 Å². The Morgan fingerprint density at radius 1 is 0.946 bits per heavy atom. The fourth-order valence-corrected chi connectivity index (χ4v) is 4.28. The second kappa shape index (κ2) is 10.2. The van der Waals surface area contributed by atoms with Crippen LogP contribution in [0.5, 0.6) is 5.75 Å². The molecule has 37 heavy (non-hydrogen) atoms. The number of nitrogens with zero attached hydrogens (tertiary/aromatic N) is 1. The number of anilines is 2. The molecule has 0 fully saturated rings. The second-order valence-corrected chi connectivity index (χ2v) is 8.90. The Balaban J connectivity index is 1.34.